The fourth-order valence-corrected chi connectivity index (χ4v) is 4.01. The van der Waals surface area contributed by atoms with E-state index in [0.29, 0.717) is 33.8 Å². The Balaban J connectivity index is 1.62. The molecule has 0 atom stereocenters. The second-order valence-corrected chi connectivity index (χ2v) is 9.19. The zero-order valence-electron chi connectivity index (χ0n) is 18.8. The minimum atomic E-state index is -0.886. The molecule has 0 spiro atoms. The first-order chi connectivity index (χ1) is 16.3. The highest BCUT2D eigenvalue weighted by Gasteiger charge is 2.15. The summed E-state index contributed by atoms with van der Waals surface area (Å²) in [6.45, 7) is 4.24. The first-order valence-electron chi connectivity index (χ1n) is 10.2. The average molecular weight is 589 g/mol. The maximum absolute atomic E-state index is 12.1. The van der Waals surface area contributed by atoms with E-state index in [9.17, 15) is 9.59 Å². The van der Waals surface area contributed by atoms with Crippen LogP contribution in [-0.2, 0) is 16.2 Å². The third-order valence-corrected chi connectivity index (χ3v) is 5.86. The number of aryl methyl sites for hydroxylation is 2. The topological polar surface area (TPSA) is 89.0 Å². The first kappa shape index (κ1) is 25.5. The van der Waals surface area contributed by atoms with Gasteiger partial charge in [-0.05, 0) is 76.8 Å². The van der Waals surface area contributed by atoms with Gasteiger partial charge in [0.25, 0.3) is 0 Å². The quantitative estimate of drug-likeness (QED) is 0.216. The van der Waals surface area contributed by atoms with Gasteiger partial charge in [0.05, 0.1) is 17.8 Å². The zero-order valence-corrected chi connectivity index (χ0v) is 22.0. The number of hydrazone groups is 1. The number of nitrogens with zero attached hydrogens (tertiary/aromatic N) is 1. The number of halogens is 2. The van der Waals surface area contributed by atoms with Crippen LogP contribution in [0, 0.1) is 13.8 Å². The Morgan fingerprint density at radius 3 is 2.41 bits per heavy atom. The van der Waals surface area contributed by atoms with E-state index in [1.54, 1.807) is 24.3 Å². The van der Waals surface area contributed by atoms with E-state index in [1.807, 2.05) is 44.2 Å². The normalized spacial score (nSPS) is 10.7. The van der Waals surface area contributed by atoms with Crippen molar-refractivity contribution in [2.75, 3.05) is 12.4 Å². The Morgan fingerprint density at radius 2 is 1.74 bits per heavy atom. The smallest absolute Gasteiger partial charge is 0.329 e. The van der Waals surface area contributed by atoms with Gasteiger partial charge < -0.3 is 14.8 Å². The molecule has 0 unspecified atom stereocenters. The number of hydrogen-bond acceptors (Lipinski definition) is 5. The molecule has 9 heteroatoms. The summed E-state index contributed by atoms with van der Waals surface area (Å²) in [7, 11) is 1.54. The predicted molar refractivity (Wildman–Crippen MR) is 139 cm³/mol. The molecule has 0 saturated heterocycles. The lowest BCUT2D eigenvalue weighted by molar-refractivity contribution is -0.136. The number of hydrogen-bond donors (Lipinski definition) is 2. The molecule has 7 nitrogen and oxygen atoms in total. The molecule has 3 rings (SSSR count). The van der Waals surface area contributed by atoms with Crippen LogP contribution in [0.5, 0.6) is 11.5 Å². The Labute approximate surface area is 214 Å². The lowest BCUT2D eigenvalue weighted by Gasteiger charge is -2.13. The third-order valence-electron chi connectivity index (χ3n) is 4.78. The zero-order chi connectivity index (χ0) is 24.7. The van der Waals surface area contributed by atoms with Gasteiger partial charge in [-0.25, -0.2) is 5.43 Å². The van der Waals surface area contributed by atoms with E-state index < -0.39 is 11.8 Å². The molecular weight excluding hydrogens is 566 g/mol. The Morgan fingerprint density at radius 1 is 1.00 bits per heavy atom. The van der Waals surface area contributed by atoms with E-state index in [4.69, 9.17) is 9.47 Å². The van der Waals surface area contributed by atoms with Crippen LogP contribution in [0.4, 0.5) is 5.69 Å². The minimum Gasteiger partial charge on any atom is -0.493 e. The Kier molecular flexibility index (Phi) is 8.84. The molecule has 176 valence electrons. The molecule has 0 saturated carbocycles. The van der Waals surface area contributed by atoms with Gasteiger partial charge >= 0.3 is 11.8 Å². The fraction of sp³-hybridized carbons (Fsp3) is 0.160. The van der Waals surface area contributed by atoms with Gasteiger partial charge in [-0.3, -0.25) is 9.59 Å². The molecule has 0 aromatic heterocycles. The molecule has 0 aliphatic rings. The van der Waals surface area contributed by atoms with Crippen LogP contribution < -0.4 is 20.2 Å². The van der Waals surface area contributed by atoms with Crippen LogP contribution in [-0.4, -0.2) is 25.1 Å². The van der Waals surface area contributed by atoms with Crippen LogP contribution in [0.2, 0.25) is 0 Å². The van der Waals surface area contributed by atoms with Crippen LogP contribution in [0.1, 0.15) is 22.3 Å². The highest BCUT2D eigenvalue weighted by Crippen LogP contribution is 2.36. The molecule has 0 fully saturated rings. The van der Waals surface area contributed by atoms with Crippen molar-refractivity contribution in [2.45, 2.75) is 20.5 Å². The van der Waals surface area contributed by atoms with Gasteiger partial charge in [-0.15, -0.1) is 0 Å². The number of carbonyl (C=O) groups excluding carboxylic acids is 2. The fourth-order valence-electron chi connectivity index (χ4n) is 2.96. The maximum atomic E-state index is 12.1. The standard InChI is InChI=1S/C25H23Br2N3O4/c1-15-4-6-17(7-5-15)14-34-23-20(27)11-18(12-22(23)33-3)13-28-30-25(32)24(31)29-21-9-8-19(26)10-16(21)2/h4-13H,14H2,1-3H3,(H,29,31)(H,30,32). The van der Waals surface area contributed by atoms with Crippen molar-refractivity contribution in [3.8, 4) is 11.5 Å². The highest BCUT2D eigenvalue weighted by atomic mass is 79.9. The predicted octanol–water partition coefficient (Wildman–Crippen LogP) is 5.50. The van der Waals surface area contributed by atoms with Crippen molar-refractivity contribution in [3.63, 3.8) is 0 Å². The largest absolute Gasteiger partial charge is 0.493 e. The molecule has 0 radical (unpaired) electrons. The summed E-state index contributed by atoms with van der Waals surface area (Å²) in [4.78, 5) is 24.2. The van der Waals surface area contributed by atoms with Gasteiger partial charge in [0, 0.05) is 10.2 Å². The molecule has 3 aromatic rings. The number of ether oxygens (including phenoxy) is 2. The summed E-state index contributed by atoms with van der Waals surface area (Å²) in [6, 6.07) is 16.9. The summed E-state index contributed by atoms with van der Waals surface area (Å²) in [5.74, 6) is -0.657. The SMILES string of the molecule is COc1cc(C=NNC(=O)C(=O)Nc2ccc(Br)cc2C)cc(Br)c1OCc1ccc(C)cc1. The summed E-state index contributed by atoms with van der Waals surface area (Å²) < 4.78 is 12.9. The van der Waals surface area contributed by atoms with Crippen molar-refractivity contribution in [2.24, 2.45) is 5.10 Å². The van der Waals surface area contributed by atoms with Crippen molar-refractivity contribution in [1.82, 2.24) is 5.43 Å². The molecule has 2 N–H and O–H groups in total. The van der Waals surface area contributed by atoms with Crippen molar-refractivity contribution >= 4 is 55.6 Å². The number of methoxy groups -OCH3 is 1. The second kappa shape index (κ2) is 11.8. The summed E-state index contributed by atoms with van der Waals surface area (Å²) >= 11 is 6.85. The van der Waals surface area contributed by atoms with E-state index >= 15 is 0 Å². The summed E-state index contributed by atoms with van der Waals surface area (Å²) in [6.07, 6.45) is 1.41. The molecule has 2 amide bonds. The monoisotopic (exact) mass is 587 g/mol. The first-order valence-corrected chi connectivity index (χ1v) is 11.8. The van der Waals surface area contributed by atoms with Gasteiger partial charge in [0.2, 0.25) is 0 Å². The van der Waals surface area contributed by atoms with E-state index in [2.05, 4.69) is 47.7 Å². The number of nitrogens with one attached hydrogen (secondary N) is 2. The van der Waals surface area contributed by atoms with Gasteiger partial charge in [0.1, 0.15) is 6.61 Å². The summed E-state index contributed by atoms with van der Waals surface area (Å²) in [5.41, 5.74) is 6.44. The third kappa shape index (κ3) is 6.91. The van der Waals surface area contributed by atoms with Crippen LogP contribution in [0.15, 0.2) is 68.6 Å². The van der Waals surface area contributed by atoms with E-state index in [1.165, 1.54) is 18.9 Å². The molecule has 34 heavy (non-hydrogen) atoms. The van der Waals surface area contributed by atoms with Crippen LogP contribution in [0.3, 0.4) is 0 Å². The van der Waals surface area contributed by atoms with Gasteiger partial charge in [-0.1, -0.05) is 45.8 Å². The van der Waals surface area contributed by atoms with Crippen molar-refractivity contribution < 1.29 is 19.1 Å². The number of benzene rings is 3. The minimum absolute atomic E-state index is 0.381. The Bertz CT molecular complexity index is 1230. The maximum Gasteiger partial charge on any atom is 0.329 e. The lowest BCUT2D eigenvalue weighted by Crippen LogP contribution is -2.32. The molecular formula is C25H23Br2N3O4. The van der Waals surface area contributed by atoms with Crippen LogP contribution >= 0.6 is 31.9 Å². The van der Waals surface area contributed by atoms with E-state index in [-0.39, 0.29) is 0 Å². The lowest BCUT2D eigenvalue weighted by atomic mass is 10.2. The molecule has 0 heterocycles. The number of carbonyl (C=O) groups is 2. The van der Waals surface area contributed by atoms with Gasteiger partial charge in [-0.2, -0.15) is 5.10 Å². The van der Waals surface area contributed by atoms with Crippen molar-refractivity contribution in [1.29, 1.82) is 0 Å². The van der Waals surface area contributed by atoms with Crippen LogP contribution in [0.25, 0.3) is 0 Å². The van der Waals surface area contributed by atoms with Gasteiger partial charge in [0.15, 0.2) is 11.5 Å². The molecule has 0 bridgehead atoms. The highest BCUT2D eigenvalue weighted by molar-refractivity contribution is 9.10. The summed E-state index contributed by atoms with van der Waals surface area (Å²) in [5, 5.41) is 6.44. The molecule has 3 aromatic carbocycles. The average Bonchev–Trinajstić information content (AvgIpc) is 2.80. The van der Waals surface area contributed by atoms with Crippen molar-refractivity contribution in [3.05, 3.63) is 85.8 Å². The Hall–Kier alpha value is -3.17. The number of anilines is 1. The number of rotatable bonds is 7. The molecule has 0 aliphatic heterocycles. The second-order valence-electron chi connectivity index (χ2n) is 7.42. The van der Waals surface area contributed by atoms with E-state index in [0.717, 1.165) is 15.6 Å². The molecule has 0 aliphatic carbocycles. The number of amides is 2.